The number of carbonyl (C=O) groups excluding carboxylic acids is 1. The van der Waals surface area contributed by atoms with Crippen molar-refractivity contribution in [1.29, 1.82) is 0 Å². The van der Waals surface area contributed by atoms with Crippen LogP contribution in [0.5, 0.6) is 0 Å². The predicted molar refractivity (Wildman–Crippen MR) is 96.2 cm³/mol. The molecule has 1 fully saturated rings. The molecule has 0 unspecified atom stereocenters. The number of halogens is 1. The number of hydrogen-bond donors (Lipinski definition) is 0. The monoisotopic (exact) mass is 403 g/mol. The minimum atomic E-state index is -3.97. The van der Waals surface area contributed by atoms with E-state index in [9.17, 15) is 27.4 Å². The highest BCUT2D eigenvalue weighted by molar-refractivity contribution is 7.89. The molecule has 1 aliphatic rings. The molecule has 0 bridgehead atoms. The number of nitro groups is 1. The molecule has 8 nitrogen and oxygen atoms in total. The zero-order valence-corrected chi connectivity index (χ0v) is 16.7. The maximum absolute atomic E-state index is 13.9. The summed E-state index contributed by atoms with van der Waals surface area (Å²) in [7, 11) is -5.50. The fourth-order valence-corrected chi connectivity index (χ4v) is 5.98. The number of benzene rings is 1. The Labute approximate surface area is 153 Å². The zero-order chi connectivity index (χ0) is 19.7. The van der Waals surface area contributed by atoms with Crippen molar-refractivity contribution in [2.24, 2.45) is 0 Å². The Morgan fingerprint density at radius 1 is 1.38 bits per heavy atom. The van der Waals surface area contributed by atoms with Gasteiger partial charge in [0.05, 0.1) is 9.82 Å². The smallest absolute Gasteiger partial charge is 0.269 e. The molecule has 1 atom stereocenters. The largest absolute Gasteiger partial charge is 0.344 e. The number of likely N-dealkylation sites (N-methyl/N-ethyl adjacent to an activating group) is 1. The Balaban J connectivity index is 2.25. The molecule has 1 aromatic carbocycles. The van der Waals surface area contributed by atoms with E-state index in [1.165, 1.54) is 25.0 Å². The van der Waals surface area contributed by atoms with Crippen molar-refractivity contribution in [3.05, 3.63) is 34.4 Å². The van der Waals surface area contributed by atoms with Gasteiger partial charge in [-0.3, -0.25) is 14.9 Å². The number of amides is 1. The van der Waals surface area contributed by atoms with Crippen molar-refractivity contribution in [3.8, 4) is 0 Å². The lowest BCUT2D eigenvalue weighted by atomic mass is 10.2. The maximum Gasteiger partial charge on any atom is 0.269 e. The molecular weight excluding hydrogens is 381 g/mol. The van der Waals surface area contributed by atoms with Crippen LogP contribution in [0.15, 0.2) is 29.2 Å². The quantitative estimate of drug-likeness (QED) is 0.313. The summed E-state index contributed by atoms with van der Waals surface area (Å²) >= 11 is 0. The summed E-state index contributed by atoms with van der Waals surface area (Å²) in [6.07, 6.45) is 0.879. The van der Waals surface area contributed by atoms with E-state index in [-0.39, 0.29) is 23.3 Å². The second-order valence-corrected chi connectivity index (χ2v) is 12.6. The molecule has 1 aromatic rings. The first kappa shape index (κ1) is 20.5. The Bertz CT molecular complexity index is 794. The molecule has 0 radical (unpaired) electrons. The summed E-state index contributed by atoms with van der Waals surface area (Å²) in [5, 5.41) is 10.7. The van der Waals surface area contributed by atoms with E-state index in [2.05, 4.69) is 0 Å². The van der Waals surface area contributed by atoms with Crippen molar-refractivity contribution >= 4 is 30.0 Å². The first-order chi connectivity index (χ1) is 11.9. The van der Waals surface area contributed by atoms with E-state index in [4.69, 9.17) is 0 Å². The standard InChI is InChI=1S/C15H22FN3O5SSi/c1-17(11-26(2,3)16)15(20)14-5-4-10-18(14)25(23,24)13-8-6-12(7-9-13)19(21)22/h6-9,14H,4-5,10-11H2,1-3H3/t14-/m0/s1. The third-order valence-electron chi connectivity index (χ3n) is 4.13. The number of carbonyl (C=O) groups is 1. The number of sulfonamides is 1. The summed E-state index contributed by atoms with van der Waals surface area (Å²) in [6, 6.07) is 3.67. The molecule has 2 rings (SSSR count). The lowest BCUT2D eigenvalue weighted by Gasteiger charge is -2.29. The third kappa shape index (κ3) is 4.46. The van der Waals surface area contributed by atoms with Gasteiger partial charge >= 0.3 is 0 Å². The van der Waals surface area contributed by atoms with E-state index in [1.54, 1.807) is 0 Å². The van der Waals surface area contributed by atoms with Crippen LogP contribution < -0.4 is 0 Å². The summed E-state index contributed by atoms with van der Waals surface area (Å²) in [5.74, 6) is -0.425. The van der Waals surface area contributed by atoms with Crippen LogP contribution in [-0.4, -0.2) is 62.7 Å². The van der Waals surface area contributed by atoms with Crippen LogP contribution >= 0.6 is 0 Å². The average Bonchev–Trinajstić information content (AvgIpc) is 3.02. The second-order valence-electron chi connectivity index (χ2n) is 6.94. The Morgan fingerprint density at radius 3 is 2.46 bits per heavy atom. The molecule has 1 saturated heterocycles. The fraction of sp³-hybridized carbons (Fsp3) is 0.533. The van der Waals surface area contributed by atoms with Crippen LogP contribution in [0.4, 0.5) is 9.80 Å². The Hall–Kier alpha value is -1.85. The van der Waals surface area contributed by atoms with Crippen molar-refractivity contribution in [2.45, 2.75) is 36.9 Å². The van der Waals surface area contributed by atoms with Crippen LogP contribution in [-0.2, 0) is 14.8 Å². The topological polar surface area (TPSA) is 101 Å². The molecule has 1 heterocycles. The molecule has 26 heavy (non-hydrogen) atoms. The van der Waals surface area contributed by atoms with Gasteiger partial charge in [0.25, 0.3) is 14.1 Å². The number of hydrogen-bond acceptors (Lipinski definition) is 5. The van der Waals surface area contributed by atoms with Crippen LogP contribution in [0.25, 0.3) is 0 Å². The molecular formula is C15H22FN3O5SSi. The highest BCUT2D eigenvalue weighted by Crippen LogP contribution is 2.28. The summed E-state index contributed by atoms with van der Waals surface area (Å²) in [5.41, 5.74) is -0.215. The van der Waals surface area contributed by atoms with Crippen molar-refractivity contribution in [1.82, 2.24) is 9.21 Å². The average molecular weight is 404 g/mol. The van der Waals surface area contributed by atoms with Gasteiger partial charge in [0.15, 0.2) is 0 Å². The van der Waals surface area contributed by atoms with E-state index in [0.717, 1.165) is 28.6 Å². The summed E-state index contributed by atoms with van der Waals surface area (Å²) in [4.78, 5) is 23.9. The molecule has 1 amide bonds. The van der Waals surface area contributed by atoms with Crippen LogP contribution in [0, 0.1) is 10.1 Å². The summed E-state index contributed by atoms with van der Waals surface area (Å²) < 4.78 is 40.8. The Morgan fingerprint density at radius 2 is 1.96 bits per heavy atom. The van der Waals surface area contributed by atoms with E-state index < -0.39 is 35.3 Å². The fourth-order valence-electron chi connectivity index (χ4n) is 3.05. The van der Waals surface area contributed by atoms with Gasteiger partial charge in [0.2, 0.25) is 15.9 Å². The highest BCUT2D eigenvalue weighted by atomic mass is 32.2. The molecule has 0 aromatic heterocycles. The maximum atomic E-state index is 13.9. The Kier molecular flexibility index (Phi) is 5.83. The van der Waals surface area contributed by atoms with Crippen molar-refractivity contribution in [2.75, 3.05) is 19.8 Å². The number of non-ortho nitro benzene ring substituents is 1. The molecule has 11 heteroatoms. The van der Waals surface area contributed by atoms with Crippen molar-refractivity contribution < 1.29 is 22.2 Å². The SMILES string of the molecule is CN(C[Si](C)(C)F)C(=O)[C@@H]1CCCN1S(=O)(=O)c1ccc([N+](=O)[O-])cc1. The highest BCUT2D eigenvalue weighted by Gasteiger charge is 2.41. The normalized spacial score (nSPS) is 18.7. The van der Waals surface area contributed by atoms with E-state index >= 15 is 0 Å². The lowest BCUT2D eigenvalue weighted by Crippen LogP contribution is -2.50. The van der Waals surface area contributed by atoms with Gasteiger partial charge in [-0.25, -0.2) is 8.42 Å². The van der Waals surface area contributed by atoms with Crippen LogP contribution in [0.2, 0.25) is 13.1 Å². The summed E-state index contributed by atoms with van der Waals surface area (Å²) in [6.45, 7) is 3.15. The lowest BCUT2D eigenvalue weighted by molar-refractivity contribution is -0.384. The van der Waals surface area contributed by atoms with Gasteiger partial charge < -0.3 is 9.01 Å². The minimum Gasteiger partial charge on any atom is -0.344 e. The van der Waals surface area contributed by atoms with Gasteiger partial charge in [-0.05, 0) is 38.1 Å². The molecule has 0 N–H and O–H groups in total. The molecule has 0 spiro atoms. The van der Waals surface area contributed by atoms with Crippen LogP contribution in [0.1, 0.15) is 12.8 Å². The van der Waals surface area contributed by atoms with E-state index in [1.807, 2.05) is 0 Å². The number of rotatable bonds is 6. The zero-order valence-electron chi connectivity index (χ0n) is 14.9. The second kappa shape index (κ2) is 7.41. The predicted octanol–water partition coefficient (Wildman–Crippen LogP) is 1.92. The molecule has 1 aliphatic heterocycles. The van der Waals surface area contributed by atoms with Gasteiger partial charge in [-0.2, -0.15) is 4.31 Å². The minimum absolute atomic E-state index is 0.00620. The van der Waals surface area contributed by atoms with Gasteiger partial charge in [0, 0.05) is 31.9 Å². The van der Waals surface area contributed by atoms with E-state index in [0.29, 0.717) is 12.8 Å². The first-order valence-corrected chi connectivity index (χ1v) is 12.7. The third-order valence-corrected chi connectivity index (χ3v) is 7.28. The number of nitro benzene ring substituents is 1. The molecule has 0 aliphatic carbocycles. The van der Waals surface area contributed by atoms with Gasteiger partial charge in [-0.15, -0.1) is 0 Å². The van der Waals surface area contributed by atoms with Crippen molar-refractivity contribution in [3.63, 3.8) is 0 Å². The molecule has 0 saturated carbocycles. The first-order valence-electron chi connectivity index (χ1n) is 8.14. The molecule has 144 valence electrons. The van der Waals surface area contributed by atoms with Crippen LogP contribution in [0.3, 0.4) is 0 Å². The van der Waals surface area contributed by atoms with Gasteiger partial charge in [-0.1, -0.05) is 0 Å². The number of nitrogens with zero attached hydrogens (tertiary/aromatic N) is 3. The van der Waals surface area contributed by atoms with Gasteiger partial charge in [0.1, 0.15) is 6.04 Å².